The van der Waals surface area contributed by atoms with Crippen LogP contribution in [0.3, 0.4) is 0 Å². The van der Waals surface area contributed by atoms with E-state index in [-0.39, 0.29) is 17.7 Å². The molecule has 3 unspecified atom stereocenters. The van der Waals surface area contributed by atoms with Gasteiger partial charge in [-0.3, -0.25) is 9.59 Å². The lowest BCUT2D eigenvalue weighted by Gasteiger charge is -2.36. The third kappa shape index (κ3) is 8.89. The number of amides is 3. The maximum atomic E-state index is 14.2. The zero-order chi connectivity index (χ0) is 28.5. The van der Waals surface area contributed by atoms with Gasteiger partial charge in [0.05, 0.1) is 0 Å². The molecule has 0 bridgehead atoms. The fourth-order valence-electron chi connectivity index (χ4n) is 4.19. The number of nitrogens with zero attached hydrogens (tertiary/aromatic N) is 1. The molecule has 2 aromatic carbocycles. The smallest absolute Gasteiger partial charge is 0.408 e. The highest BCUT2D eigenvalue weighted by Gasteiger charge is 2.37. The average Bonchev–Trinajstić information content (AvgIpc) is 2.86. The van der Waals surface area contributed by atoms with Crippen molar-refractivity contribution in [3.05, 3.63) is 70.8 Å². The van der Waals surface area contributed by atoms with Crippen molar-refractivity contribution in [1.29, 1.82) is 0 Å². The number of aryl methyl sites for hydroxylation is 2. The molecular weight excluding hydrogens is 478 g/mol. The maximum absolute atomic E-state index is 14.2. The van der Waals surface area contributed by atoms with E-state index >= 15 is 0 Å². The molecule has 0 aromatic heterocycles. The minimum absolute atomic E-state index is 0.165. The van der Waals surface area contributed by atoms with Gasteiger partial charge in [-0.25, -0.2) is 4.79 Å². The highest BCUT2D eigenvalue weighted by atomic mass is 16.6. The van der Waals surface area contributed by atoms with Gasteiger partial charge in [-0.1, -0.05) is 75.7 Å². The van der Waals surface area contributed by atoms with Crippen LogP contribution in [-0.2, 0) is 20.9 Å². The zero-order valence-corrected chi connectivity index (χ0v) is 24.3. The molecule has 3 atom stereocenters. The van der Waals surface area contributed by atoms with Gasteiger partial charge in [-0.2, -0.15) is 0 Å². The van der Waals surface area contributed by atoms with E-state index in [4.69, 9.17) is 4.74 Å². The molecular formula is C31H45N3O4. The lowest BCUT2D eigenvalue weighted by molar-refractivity contribution is -0.143. The molecule has 208 valence electrons. The Balaban J connectivity index is 2.48. The Labute approximate surface area is 228 Å². The Kier molecular flexibility index (Phi) is 11.4. The van der Waals surface area contributed by atoms with Crippen LogP contribution < -0.4 is 10.6 Å². The highest BCUT2D eigenvalue weighted by Crippen LogP contribution is 2.27. The molecule has 0 fully saturated rings. The molecule has 7 nitrogen and oxygen atoms in total. The number of carbonyl (C=O) groups excluding carboxylic acids is 3. The Bertz CT molecular complexity index is 1080. The van der Waals surface area contributed by atoms with Crippen molar-refractivity contribution >= 4 is 17.9 Å². The van der Waals surface area contributed by atoms with Crippen molar-refractivity contribution < 1.29 is 19.1 Å². The first-order chi connectivity index (χ1) is 17.9. The molecule has 3 amide bonds. The predicted molar refractivity (Wildman–Crippen MR) is 152 cm³/mol. The summed E-state index contributed by atoms with van der Waals surface area (Å²) < 4.78 is 5.46. The summed E-state index contributed by atoms with van der Waals surface area (Å²) in [6.07, 6.45) is 0.670. The molecule has 2 N–H and O–H groups in total. The molecule has 38 heavy (non-hydrogen) atoms. The number of carbonyl (C=O) groups is 3. The van der Waals surface area contributed by atoms with Crippen molar-refractivity contribution in [2.45, 2.75) is 92.5 Å². The minimum atomic E-state index is -0.850. The van der Waals surface area contributed by atoms with Crippen LogP contribution >= 0.6 is 0 Å². The van der Waals surface area contributed by atoms with Gasteiger partial charge in [0.15, 0.2) is 0 Å². The molecule has 0 aliphatic carbocycles. The van der Waals surface area contributed by atoms with E-state index in [2.05, 4.69) is 10.6 Å². The first-order valence-corrected chi connectivity index (χ1v) is 13.6. The SMILES string of the molecule is CCCN(C(=O)C(NC(=O)OC(C)(C)C)C(C)CC)C(C(=O)NCc1ccccc1)c1ccc(C)c(C)c1. The van der Waals surface area contributed by atoms with Crippen molar-refractivity contribution in [3.8, 4) is 0 Å². The van der Waals surface area contributed by atoms with E-state index in [0.29, 0.717) is 25.9 Å². The monoisotopic (exact) mass is 523 g/mol. The van der Waals surface area contributed by atoms with Crippen LogP contribution in [-0.4, -0.2) is 41.0 Å². The molecule has 0 saturated heterocycles. The fourth-order valence-corrected chi connectivity index (χ4v) is 4.19. The summed E-state index contributed by atoms with van der Waals surface area (Å²) in [5, 5.41) is 5.84. The number of hydrogen-bond donors (Lipinski definition) is 2. The van der Waals surface area contributed by atoms with Crippen molar-refractivity contribution in [2.24, 2.45) is 5.92 Å². The Morgan fingerprint density at radius 2 is 1.63 bits per heavy atom. The average molecular weight is 524 g/mol. The van der Waals surface area contributed by atoms with E-state index in [0.717, 1.165) is 22.3 Å². The van der Waals surface area contributed by atoms with Gasteiger partial charge in [-0.05, 0) is 69.2 Å². The predicted octanol–water partition coefficient (Wildman–Crippen LogP) is 5.84. The summed E-state index contributed by atoms with van der Waals surface area (Å²) in [5.74, 6) is -0.730. The van der Waals surface area contributed by atoms with Gasteiger partial charge < -0.3 is 20.3 Å². The van der Waals surface area contributed by atoms with E-state index in [9.17, 15) is 14.4 Å². The third-order valence-electron chi connectivity index (χ3n) is 6.62. The number of alkyl carbamates (subject to hydrolysis) is 1. The summed E-state index contributed by atoms with van der Waals surface area (Å²) in [4.78, 5) is 42.3. The Morgan fingerprint density at radius 3 is 2.18 bits per heavy atom. The van der Waals surface area contributed by atoms with Gasteiger partial charge in [0.25, 0.3) is 0 Å². The zero-order valence-electron chi connectivity index (χ0n) is 24.3. The van der Waals surface area contributed by atoms with Crippen LogP contribution in [0.5, 0.6) is 0 Å². The summed E-state index contributed by atoms with van der Waals surface area (Å²) in [7, 11) is 0. The van der Waals surface area contributed by atoms with E-state index in [1.807, 2.05) is 83.1 Å². The van der Waals surface area contributed by atoms with Gasteiger partial charge in [0.2, 0.25) is 11.8 Å². The first-order valence-electron chi connectivity index (χ1n) is 13.6. The minimum Gasteiger partial charge on any atom is -0.444 e. The number of hydrogen-bond acceptors (Lipinski definition) is 4. The standard InChI is InChI=1S/C31H45N3O4/c1-9-18-34(29(36)26(21(3)10-2)33-30(37)38-31(6,7)8)27(25-17-16-22(4)23(5)19-25)28(35)32-20-24-14-12-11-13-15-24/h11-17,19,21,26-27H,9-10,18,20H2,1-8H3,(H,32,35)(H,33,37). The number of benzene rings is 2. The van der Waals surface area contributed by atoms with Crippen LogP contribution in [0.25, 0.3) is 0 Å². The summed E-state index contributed by atoms with van der Waals surface area (Å²) in [5.41, 5.74) is 3.15. The largest absolute Gasteiger partial charge is 0.444 e. The van der Waals surface area contributed by atoms with E-state index in [1.54, 1.807) is 25.7 Å². The van der Waals surface area contributed by atoms with Crippen LogP contribution in [0.15, 0.2) is 48.5 Å². The summed E-state index contributed by atoms with van der Waals surface area (Å²) >= 11 is 0. The Morgan fingerprint density at radius 1 is 0.974 bits per heavy atom. The quantitative estimate of drug-likeness (QED) is 0.387. The van der Waals surface area contributed by atoms with Crippen LogP contribution in [0.1, 0.15) is 82.7 Å². The van der Waals surface area contributed by atoms with E-state index < -0.39 is 23.8 Å². The topological polar surface area (TPSA) is 87.7 Å². The summed E-state index contributed by atoms with van der Waals surface area (Å²) in [6, 6.07) is 13.8. The second-order valence-electron chi connectivity index (χ2n) is 11.0. The summed E-state index contributed by atoms with van der Waals surface area (Å²) in [6.45, 7) is 15.9. The van der Waals surface area contributed by atoms with E-state index in [1.165, 1.54) is 0 Å². The second-order valence-corrected chi connectivity index (χ2v) is 11.0. The van der Waals surface area contributed by atoms with Crippen LogP contribution in [0, 0.1) is 19.8 Å². The maximum Gasteiger partial charge on any atom is 0.408 e. The normalized spacial score (nSPS) is 13.7. The fraction of sp³-hybridized carbons (Fsp3) is 0.516. The molecule has 7 heteroatoms. The van der Waals surface area contributed by atoms with Gasteiger partial charge in [0, 0.05) is 13.1 Å². The highest BCUT2D eigenvalue weighted by molar-refractivity contribution is 5.92. The molecule has 0 heterocycles. The number of ether oxygens (including phenoxy) is 1. The Hall–Kier alpha value is -3.35. The van der Waals surface area contributed by atoms with Crippen molar-refractivity contribution in [3.63, 3.8) is 0 Å². The van der Waals surface area contributed by atoms with Crippen LogP contribution in [0.2, 0.25) is 0 Å². The van der Waals surface area contributed by atoms with Crippen molar-refractivity contribution in [1.82, 2.24) is 15.5 Å². The first kappa shape index (κ1) is 30.9. The molecule has 0 saturated carbocycles. The molecule has 2 rings (SSSR count). The van der Waals surface area contributed by atoms with Gasteiger partial charge >= 0.3 is 6.09 Å². The van der Waals surface area contributed by atoms with Gasteiger partial charge in [0.1, 0.15) is 17.7 Å². The van der Waals surface area contributed by atoms with Crippen LogP contribution in [0.4, 0.5) is 4.79 Å². The third-order valence-corrected chi connectivity index (χ3v) is 6.62. The molecule has 2 aromatic rings. The van der Waals surface area contributed by atoms with Crippen molar-refractivity contribution in [2.75, 3.05) is 6.54 Å². The lowest BCUT2D eigenvalue weighted by atomic mass is 9.94. The number of rotatable bonds is 11. The van der Waals surface area contributed by atoms with Gasteiger partial charge in [-0.15, -0.1) is 0 Å². The number of nitrogens with one attached hydrogen (secondary N) is 2. The molecule has 0 spiro atoms. The second kappa shape index (κ2) is 14.0. The lowest BCUT2D eigenvalue weighted by Crippen LogP contribution is -2.55. The molecule has 0 aliphatic heterocycles. The molecule has 0 radical (unpaired) electrons. The molecule has 0 aliphatic rings.